The highest BCUT2D eigenvalue weighted by Crippen LogP contribution is 2.29. The van der Waals surface area contributed by atoms with Crippen molar-refractivity contribution in [2.24, 2.45) is 0 Å². The van der Waals surface area contributed by atoms with Gasteiger partial charge in [-0.3, -0.25) is 0 Å². The maximum Gasteiger partial charge on any atom is 0.138 e. The van der Waals surface area contributed by atoms with Crippen molar-refractivity contribution in [2.75, 3.05) is 25.9 Å². The lowest BCUT2D eigenvalue weighted by Gasteiger charge is -2.22. The van der Waals surface area contributed by atoms with E-state index in [-0.39, 0.29) is 0 Å². The Bertz CT molecular complexity index is 437. The Morgan fingerprint density at radius 3 is 3.17 bits per heavy atom. The molecule has 18 heavy (non-hydrogen) atoms. The molecule has 0 bridgehead atoms. The van der Waals surface area contributed by atoms with Crippen LogP contribution in [0.4, 0.5) is 0 Å². The monoisotopic (exact) mass is 281 g/mol. The van der Waals surface area contributed by atoms with Crippen molar-refractivity contribution in [2.45, 2.75) is 24.8 Å². The summed E-state index contributed by atoms with van der Waals surface area (Å²) in [5.74, 6) is 1.08. The van der Waals surface area contributed by atoms with Gasteiger partial charge in [0, 0.05) is 18.8 Å². The molecular formula is C13H19N3S2. The van der Waals surface area contributed by atoms with E-state index < -0.39 is 0 Å². The summed E-state index contributed by atoms with van der Waals surface area (Å²) in [6.07, 6.45) is 8.81. The summed E-state index contributed by atoms with van der Waals surface area (Å²) in [6, 6.07) is 0. The van der Waals surface area contributed by atoms with Gasteiger partial charge in [-0.05, 0) is 32.4 Å². The molecule has 0 aliphatic carbocycles. The second kappa shape index (κ2) is 7.07. The largest absolute Gasteiger partial charge is 0.302 e. The molecule has 0 saturated heterocycles. The van der Waals surface area contributed by atoms with E-state index in [0.717, 1.165) is 42.4 Å². The SMILES string of the molecule is CC=CCCSc1nsnc1C1=CCCN(C)C1. The zero-order valence-electron chi connectivity index (χ0n) is 10.9. The second-order valence-corrected chi connectivity index (χ2v) is 5.99. The minimum absolute atomic E-state index is 0.994. The van der Waals surface area contributed by atoms with Gasteiger partial charge >= 0.3 is 0 Å². The maximum absolute atomic E-state index is 4.47. The van der Waals surface area contributed by atoms with Crippen molar-refractivity contribution in [1.82, 2.24) is 13.6 Å². The molecule has 1 aliphatic rings. The number of thioether (sulfide) groups is 1. The average Bonchev–Trinajstić information content (AvgIpc) is 2.83. The van der Waals surface area contributed by atoms with Crippen molar-refractivity contribution in [3.05, 3.63) is 23.9 Å². The van der Waals surface area contributed by atoms with Crippen molar-refractivity contribution in [3.63, 3.8) is 0 Å². The Labute approximate surface area is 117 Å². The van der Waals surface area contributed by atoms with Crippen LogP contribution in [0, 0.1) is 0 Å². The Morgan fingerprint density at radius 2 is 2.39 bits per heavy atom. The van der Waals surface area contributed by atoms with Gasteiger partial charge in [0.2, 0.25) is 0 Å². The van der Waals surface area contributed by atoms with E-state index in [1.54, 1.807) is 0 Å². The average molecular weight is 281 g/mol. The molecule has 98 valence electrons. The molecule has 0 saturated carbocycles. The van der Waals surface area contributed by atoms with Crippen LogP contribution in [0.15, 0.2) is 23.3 Å². The fraction of sp³-hybridized carbons (Fsp3) is 0.538. The van der Waals surface area contributed by atoms with Gasteiger partial charge in [-0.2, -0.15) is 8.75 Å². The number of rotatable bonds is 5. The highest BCUT2D eigenvalue weighted by atomic mass is 32.2. The first kappa shape index (κ1) is 13.8. The summed E-state index contributed by atoms with van der Waals surface area (Å²) in [5.41, 5.74) is 2.45. The fourth-order valence-corrected chi connectivity index (χ4v) is 3.54. The molecular weight excluding hydrogens is 262 g/mol. The molecule has 2 heterocycles. The van der Waals surface area contributed by atoms with Gasteiger partial charge in [-0.15, -0.1) is 11.8 Å². The molecule has 2 rings (SSSR count). The number of nitrogens with zero attached hydrogens (tertiary/aromatic N) is 3. The number of aromatic nitrogens is 2. The van der Waals surface area contributed by atoms with Gasteiger partial charge in [-0.25, -0.2) is 0 Å². The van der Waals surface area contributed by atoms with Gasteiger partial charge in [-0.1, -0.05) is 18.2 Å². The Morgan fingerprint density at radius 1 is 1.50 bits per heavy atom. The highest BCUT2D eigenvalue weighted by molar-refractivity contribution is 7.99. The number of hydrogen-bond acceptors (Lipinski definition) is 5. The Balaban J connectivity index is 2.01. The summed E-state index contributed by atoms with van der Waals surface area (Å²) in [7, 11) is 2.16. The van der Waals surface area contributed by atoms with Crippen LogP contribution < -0.4 is 0 Å². The van der Waals surface area contributed by atoms with Gasteiger partial charge in [0.15, 0.2) is 0 Å². The first-order valence-corrected chi connectivity index (χ1v) is 7.97. The maximum atomic E-state index is 4.47. The third-order valence-electron chi connectivity index (χ3n) is 2.86. The minimum Gasteiger partial charge on any atom is -0.302 e. The fourth-order valence-electron chi connectivity index (χ4n) is 1.93. The molecule has 0 radical (unpaired) electrons. The summed E-state index contributed by atoms with van der Waals surface area (Å²) in [5, 5.41) is 1.10. The van der Waals surface area contributed by atoms with Crippen LogP contribution in [0.25, 0.3) is 5.57 Å². The lowest BCUT2D eigenvalue weighted by atomic mass is 10.1. The van der Waals surface area contributed by atoms with Gasteiger partial charge in [0.1, 0.15) is 10.7 Å². The smallest absolute Gasteiger partial charge is 0.138 e. The Kier molecular flexibility index (Phi) is 5.41. The molecule has 0 fully saturated rings. The summed E-state index contributed by atoms with van der Waals surface area (Å²) < 4.78 is 8.89. The van der Waals surface area contributed by atoms with Gasteiger partial charge < -0.3 is 4.90 Å². The zero-order valence-corrected chi connectivity index (χ0v) is 12.6. The van der Waals surface area contributed by atoms with Crippen LogP contribution in [0.2, 0.25) is 0 Å². The van der Waals surface area contributed by atoms with E-state index in [2.05, 4.69) is 45.8 Å². The van der Waals surface area contributed by atoms with Crippen LogP contribution in [-0.2, 0) is 0 Å². The van der Waals surface area contributed by atoms with Crippen molar-refractivity contribution < 1.29 is 0 Å². The summed E-state index contributed by atoms with van der Waals surface area (Å²) in [6.45, 7) is 4.20. The molecule has 5 heteroatoms. The van der Waals surface area contributed by atoms with Crippen molar-refractivity contribution in [1.29, 1.82) is 0 Å². The number of hydrogen-bond donors (Lipinski definition) is 0. The van der Waals surface area contributed by atoms with E-state index >= 15 is 0 Å². The minimum atomic E-state index is 0.994. The number of allylic oxidation sites excluding steroid dienone is 2. The lowest BCUT2D eigenvalue weighted by molar-refractivity contribution is 0.372. The standard InChI is InChI=1S/C13H19N3S2/c1-3-4-5-9-17-13-12(14-18-15-13)11-7-6-8-16(2)10-11/h3-4,7H,5-6,8-10H2,1-2H3. The van der Waals surface area contributed by atoms with E-state index in [4.69, 9.17) is 0 Å². The van der Waals surface area contributed by atoms with Gasteiger partial charge in [0.25, 0.3) is 0 Å². The van der Waals surface area contributed by atoms with Crippen LogP contribution >= 0.6 is 23.5 Å². The molecule has 0 spiro atoms. The van der Waals surface area contributed by atoms with Crippen LogP contribution in [0.1, 0.15) is 25.5 Å². The highest BCUT2D eigenvalue weighted by Gasteiger charge is 2.17. The van der Waals surface area contributed by atoms with Crippen LogP contribution in [0.5, 0.6) is 0 Å². The first-order chi connectivity index (χ1) is 8.81. The molecule has 3 nitrogen and oxygen atoms in total. The predicted octanol–water partition coefficient (Wildman–Crippen LogP) is 3.32. The summed E-state index contributed by atoms with van der Waals surface area (Å²) >= 11 is 3.14. The second-order valence-electron chi connectivity index (χ2n) is 4.38. The molecule has 1 aromatic rings. The third-order valence-corrected chi connectivity index (χ3v) is 4.51. The van der Waals surface area contributed by atoms with E-state index in [9.17, 15) is 0 Å². The van der Waals surface area contributed by atoms with Crippen LogP contribution in [-0.4, -0.2) is 39.5 Å². The quantitative estimate of drug-likeness (QED) is 0.470. The molecule has 1 aliphatic heterocycles. The topological polar surface area (TPSA) is 29.0 Å². The normalized spacial score (nSPS) is 17.3. The number of likely N-dealkylation sites (N-methyl/N-ethyl adjacent to an activating group) is 1. The molecule has 0 atom stereocenters. The Hall–Kier alpha value is -0.650. The molecule has 0 amide bonds. The lowest BCUT2D eigenvalue weighted by Crippen LogP contribution is -2.25. The van der Waals surface area contributed by atoms with E-state index in [1.165, 1.54) is 17.3 Å². The molecule has 0 N–H and O–H groups in total. The predicted molar refractivity (Wildman–Crippen MR) is 80.2 cm³/mol. The van der Waals surface area contributed by atoms with Crippen LogP contribution in [0.3, 0.4) is 0 Å². The third kappa shape index (κ3) is 3.67. The molecule has 1 aromatic heterocycles. The molecule has 0 unspecified atom stereocenters. The van der Waals surface area contributed by atoms with Gasteiger partial charge in [0.05, 0.1) is 11.7 Å². The van der Waals surface area contributed by atoms with E-state index in [1.807, 2.05) is 11.8 Å². The van der Waals surface area contributed by atoms with E-state index in [0.29, 0.717) is 0 Å². The molecule has 0 aromatic carbocycles. The van der Waals surface area contributed by atoms with Crippen molar-refractivity contribution in [3.8, 4) is 0 Å². The van der Waals surface area contributed by atoms with Crippen molar-refractivity contribution >= 4 is 29.1 Å². The first-order valence-electron chi connectivity index (χ1n) is 6.25. The zero-order chi connectivity index (χ0) is 12.8. The summed E-state index contributed by atoms with van der Waals surface area (Å²) in [4.78, 5) is 2.34.